The SMILES string of the molecule is CCOc1cccc(CNCCc2ccc(Cl)cc2)c1OCc1ccc(Cl)cc1Cl. The van der Waals surface area contributed by atoms with Crippen molar-refractivity contribution in [3.63, 3.8) is 0 Å². The topological polar surface area (TPSA) is 30.5 Å². The van der Waals surface area contributed by atoms with E-state index in [9.17, 15) is 0 Å². The fourth-order valence-corrected chi connectivity index (χ4v) is 3.62. The Bertz CT molecular complexity index is 961. The van der Waals surface area contributed by atoms with Crippen molar-refractivity contribution in [2.45, 2.75) is 26.5 Å². The smallest absolute Gasteiger partial charge is 0.166 e. The molecule has 0 aliphatic heterocycles. The number of nitrogens with one attached hydrogen (secondary N) is 1. The quantitative estimate of drug-likeness (QED) is 0.329. The van der Waals surface area contributed by atoms with Crippen LogP contribution in [0.1, 0.15) is 23.6 Å². The molecule has 0 aromatic heterocycles. The van der Waals surface area contributed by atoms with Crippen molar-refractivity contribution in [3.8, 4) is 11.5 Å². The number of ether oxygens (including phenoxy) is 2. The van der Waals surface area contributed by atoms with E-state index in [2.05, 4.69) is 5.32 Å². The molecule has 0 saturated heterocycles. The van der Waals surface area contributed by atoms with Crippen molar-refractivity contribution in [1.29, 1.82) is 0 Å². The molecular weight excluding hydrogens is 441 g/mol. The molecule has 0 fully saturated rings. The third kappa shape index (κ3) is 6.55. The van der Waals surface area contributed by atoms with Crippen LogP contribution >= 0.6 is 34.8 Å². The van der Waals surface area contributed by atoms with Crippen LogP contribution in [-0.2, 0) is 19.6 Å². The van der Waals surface area contributed by atoms with Crippen LogP contribution in [0.4, 0.5) is 0 Å². The van der Waals surface area contributed by atoms with Crippen molar-refractivity contribution in [3.05, 3.63) is 92.4 Å². The number of hydrogen-bond acceptors (Lipinski definition) is 3. The lowest BCUT2D eigenvalue weighted by atomic mass is 10.1. The van der Waals surface area contributed by atoms with Crippen LogP contribution in [0.25, 0.3) is 0 Å². The largest absolute Gasteiger partial charge is 0.490 e. The highest BCUT2D eigenvalue weighted by Gasteiger charge is 2.12. The molecule has 3 nitrogen and oxygen atoms in total. The third-order valence-electron chi connectivity index (χ3n) is 4.57. The minimum absolute atomic E-state index is 0.331. The zero-order valence-corrected chi connectivity index (χ0v) is 19.0. The van der Waals surface area contributed by atoms with Crippen LogP contribution in [0.15, 0.2) is 60.7 Å². The van der Waals surface area contributed by atoms with Gasteiger partial charge in [-0.1, -0.05) is 65.1 Å². The fraction of sp³-hybridized carbons (Fsp3) is 0.250. The molecule has 6 heteroatoms. The maximum absolute atomic E-state index is 6.29. The molecule has 3 aromatic rings. The van der Waals surface area contributed by atoms with Crippen molar-refractivity contribution >= 4 is 34.8 Å². The van der Waals surface area contributed by atoms with E-state index in [0.29, 0.717) is 29.8 Å². The molecule has 3 aromatic carbocycles. The molecule has 0 heterocycles. The number of halogens is 3. The molecule has 0 amide bonds. The van der Waals surface area contributed by atoms with E-state index in [-0.39, 0.29) is 0 Å². The van der Waals surface area contributed by atoms with Gasteiger partial charge in [0.05, 0.1) is 6.61 Å². The molecule has 0 saturated carbocycles. The first kappa shape index (κ1) is 22.8. The van der Waals surface area contributed by atoms with Gasteiger partial charge >= 0.3 is 0 Å². The number of para-hydroxylation sites is 1. The maximum atomic E-state index is 6.29. The summed E-state index contributed by atoms with van der Waals surface area (Å²) in [5.74, 6) is 1.45. The number of benzene rings is 3. The summed E-state index contributed by atoms with van der Waals surface area (Å²) in [6, 6.07) is 19.2. The lowest BCUT2D eigenvalue weighted by molar-refractivity contribution is 0.266. The summed E-state index contributed by atoms with van der Waals surface area (Å²) >= 11 is 18.2. The molecular formula is C24H24Cl3NO2. The van der Waals surface area contributed by atoms with Crippen LogP contribution in [0, 0.1) is 0 Å². The first-order chi connectivity index (χ1) is 14.6. The lowest BCUT2D eigenvalue weighted by Gasteiger charge is -2.17. The van der Waals surface area contributed by atoms with Crippen LogP contribution in [0.3, 0.4) is 0 Å². The van der Waals surface area contributed by atoms with Crippen LogP contribution in [-0.4, -0.2) is 13.2 Å². The van der Waals surface area contributed by atoms with Crippen LogP contribution < -0.4 is 14.8 Å². The molecule has 3 rings (SSSR count). The molecule has 0 spiro atoms. The maximum Gasteiger partial charge on any atom is 0.166 e. The van der Waals surface area contributed by atoms with Gasteiger partial charge in [-0.15, -0.1) is 0 Å². The standard InChI is InChI=1S/C24H24Cl3NO2/c1-2-29-23-5-3-4-18(15-28-13-12-17-6-9-20(25)10-7-17)24(23)30-16-19-8-11-21(26)14-22(19)27/h3-11,14,28H,2,12-13,15-16H2,1H3. The summed E-state index contributed by atoms with van der Waals surface area (Å²) in [7, 11) is 0. The minimum atomic E-state index is 0.331. The van der Waals surface area contributed by atoms with E-state index in [1.807, 2.05) is 55.5 Å². The Morgan fingerprint density at radius 1 is 0.833 bits per heavy atom. The van der Waals surface area contributed by atoms with Gasteiger partial charge < -0.3 is 14.8 Å². The second kappa shape index (κ2) is 11.5. The number of rotatable bonds is 10. The molecule has 0 unspecified atom stereocenters. The Kier molecular flexibility index (Phi) is 8.71. The molecule has 30 heavy (non-hydrogen) atoms. The number of hydrogen-bond donors (Lipinski definition) is 1. The normalized spacial score (nSPS) is 10.8. The van der Waals surface area contributed by atoms with Gasteiger partial charge in [-0.3, -0.25) is 0 Å². The summed E-state index contributed by atoms with van der Waals surface area (Å²) in [6.07, 6.45) is 0.916. The highest BCUT2D eigenvalue weighted by molar-refractivity contribution is 6.35. The van der Waals surface area contributed by atoms with E-state index in [1.165, 1.54) is 5.56 Å². The monoisotopic (exact) mass is 463 g/mol. The molecule has 158 valence electrons. The molecule has 0 atom stereocenters. The van der Waals surface area contributed by atoms with Gasteiger partial charge in [-0.05, 0) is 55.8 Å². The van der Waals surface area contributed by atoms with Crippen molar-refractivity contribution in [2.75, 3.05) is 13.2 Å². The third-order valence-corrected chi connectivity index (χ3v) is 5.41. The summed E-state index contributed by atoms with van der Waals surface area (Å²) < 4.78 is 11.9. The molecule has 0 aliphatic rings. The lowest BCUT2D eigenvalue weighted by Crippen LogP contribution is -2.17. The van der Waals surface area contributed by atoms with Crippen LogP contribution in [0.5, 0.6) is 11.5 Å². The predicted molar refractivity (Wildman–Crippen MR) is 125 cm³/mol. The molecule has 0 aliphatic carbocycles. The highest BCUT2D eigenvalue weighted by atomic mass is 35.5. The Hall–Kier alpha value is -1.91. The first-order valence-corrected chi connectivity index (χ1v) is 11.0. The van der Waals surface area contributed by atoms with Crippen LogP contribution in [0.2, 0.25) is 15.1 Å². The van der Waals surface area contributed by atoms with Gasteiger partial charge in [0, 0.05) is 32.7 Å². The van der Waals surface area contributed by atoms with Gasteiger partial charge in [0.15, 0.2) is 11.5 Å². The molecule has 0 radical (unpaired) electrons. The Morgan fingerprint density at radius 3 is 2.33 bits per heavy atom. The zero-order chi connectivity index (χ0) is 21.3. The Balaban J connectivity index is 1.65. The van der Waals surface area contributed by atoms with Crippen molar-refractivity contribution in [1.82, 2.24) is 5.32 Å². The van der Waals surface area contributed by atoms with E-state index < -0.39 is 0 Å². The van der Waals surface area contributed by atoms with E-state index in [4.69, 9.17) is 44.3 Å². The van der Waals surface area contributed by atoms with E-state index in [0.717, 1.165) is 40.6 Å². The fourth-order valence-electron chi connectivity index (χ4n) is 3.03. The van der Waals surface area contributed by atoms with Gasteiger partial charge in [0.1, 0.15) is 6.61 Å². The van der Waals surface area contributed by atoms with Gasteiger partial charge in [-0.25, -0.2) is 0 Å². The average Bonchev–Trinajstić information content (AvgIpc) is 2.73. The minimum Gasteiger partial charge on any atom is -0.490 e. The first-order valence-electron chi connectivity index (χ1n) is 9.83. The van der Waals surface area contributed by atoms with E-state index in [1.54, 1.807) is 12.1 Å². The van der Waals surface area contributed by atoms with Gasteiger partial charge in [0.2, 0.25) is 0 Å². The Morgan fingerprint density at radius 2 is 1.60 bits per heavy atom. The van der Waals surface area contributed by atoms with Crippen molar-refractivity contribution < 1.29 is 9.47 Å². The summed E-state index contributed by atoms with van der Waals surface area (Å²) in [5, 5.41) is 5.41. The van der Waals surface area contributed by atoms with Crippen molar-refractivity contribution in [2.24, 2.45) is 0 Å². The second-order valence-corrected chi connectivity index (χ2v) is 8.04. The zero-order valence-electron chi connectivity index (χ0n) is 16.8. The summed E-state index contributed by atoms with van der Waals surface area (Å²) in [4.78, 5) is 0. The molecule has 1 N–H and O–H groups in total. The summed E-state index contributed by atoms with van der Waals surface area (Å²) in [5.41, 5.74) is 3.14. The summed E-state index contributed by atoms with van der Waals surface area (Å²) in [6.45, 7) is 4.35. The Labute approximate surface area is 192 Å². The highest BCUT2D eigenvalue weighted by Crippen LogP contribution is 2.33. The van der Waals surface area contributed by atoms with Gasteiger partial charge in [0.25, 0.3) is 0 Å². The second-order valence-electron chi connectivity index (χ2n) is 6.76. The van der Waals surface area contributed by atoms with E-state index >= 15 is 0 Å². The average molecular weight is 465 g/mol. The van der Waals surface area contributed by atoms with Gasteiger partial charge in [-0.2, -0.15) is 0 Å². The predicted octanol–water partition coefficient (Wildman–Crippen LogP) is 6.96. The molecule has 0 bridgehead atoms.